The fourth-order valence-corrected chi connectivity index (χ4v) is 2.09. The Morgan fingerprint density at radius 2 is 1.52 bits per heavy atom. The second-order valence-electron chi connectivity index (χ2n) is 5.88. The van der Waals surface area contributed by atoms with Gasteiger partial charge in [0.25, 0.3) is 0 Å². The predicted molar refractivity (Wildman–Crippen MR) is 73.7 cm³/mol. The molecule has 1 aromatic carbocycles. The van der Waals surface area contributed by atoms with Gasteiger partial charge in [0, 0.05) is 11.0 Å². The summed E-state index contributed by atoms with van der Waals surface area (Å²) < 4.78 is 42.5. The Labute approximate surface area is 122 Å². The van der Waals surface area contributed by atoms with Crippen LogP contribution in [0.1, 0.15) is 38.3 Å². The van der Waals surface area contributed by atoms with Gasteiger partial charge in [-0.3, -0.25) is 4.79 Å². The maximum absolute atomic E-state index is 12.6. The molecule has 0 aliphatic rings. The van der Waals surface area contributed by atoms with Crippen LogP contribution in [-0.4, -0.2) is 18.6 Å². The SMILES string of the molecule is COC(=O)CC(C)(c1ccc(C(F)(F)F)cc1)C(C)(C)N. The molecule has 0 heterocycles. The normalized spacial score (nSPS) is 15.4. The third kappa shape index (κ3) is 3.75. The number of benzene rings is 1. The van der Waals surface area contributed by atoms with E-state index in [1.54, 1.807) is 20.8 Å². The molecule has 0 spiro atoms. The number of rotatable bonds is 4. The number of carbonyl (C=O) groups excluding carboxylic acids is 1. The molecule has 0 aliphatic carbocycles. The van der Waals surface area contributed by atoms with Gasteiger partial charge in [-0.25, -0.2) is 0 Å². The Balaban J connectivity index is 3.25. The second-order valence-corrected chi connectivity index (χ2v) is 5.88. The Kier molecular flexibility index (Phi) is 4.73. The van der Waals surface area contributed by atoms with Gasteiger partial charge >= 0.3 is 12.1 Å². The summed E-state index contributed by atoms with van der Waals surface area (Å²) in [5, 5.41) is 0. The summed E-state index contributed by atoms with van der Waals surface area (Å²) in [5.41, 5.74) is 4.31. The van der Waals surface area contributed by atoms with Gasteiger partial charge < -0.3 is 10.5 Å². The third-order valence-corrected chi connectivity index (χ3v) is 4.00. The van der Waals surface area contributed by atoms with Crippen molar-refractivity contribution in [3.63, 3.8) is 0 Å². The van der Waals surface area contributed by atoms with Gasteiger partial charge in [0.2, 0.25) is 0 Å². The summed E-state index contributed by atoms with van der Waals surface area (Å²) in [6.45, 7) is 5.20. The summed E-state index contributed by atoms with van der Waals surface area (Å²) in [6.07, 6.45) is -4.41. The summed E-state index contributed by atoms with van der Waals surface area (Å²) in [7, 11) is 1.26. The highest BCUT2D eigenvalue weighted by Crippen LogP contribution is 2.38. The molecule has 1 unspecified atom stereocenters. The lowest BCUT2D eigenvalue weighted by atomic mass is 9.66. The van der Waals surface area contributed by atoms with E-state index in [9.17, 15) is 18.0 Å². The van der Waals surface area contributed by atoms with Crippen molar-refractivity contribution in [1.82, 2.24) is 0 Å². The monoisotopic (exact) mass is 303 g/mol. The lowest BCUT2D eigenvalue weighted by Gasteiger charge is -2.41. The van der Waals surface area contributed by atoms with E-state index in [0.29, 0.717) is 5.56 Å². The summed E-state index contributed by atoms with van der Waals surface area (Å²) >= 11 is 0. The average molecular weight is 303 g/mol. The summed E-state index contributed by atoms with van der Waals surface area (Å²) in [4.78, 5) is 11.6. The van der Waals surface area contributed by atoms with Crippen LogP contribution in [0.15, 0.2) is 24.3 Å². The van der Waals surface area contributed by atoms with Crippen molar-refractivity contribution in [1.29, 1.82) is 0 Å². The van der Waals surface area contributed by atoms with Crippen LogP contribution in [0.5, 0.6) is 0 Å². The van der Waals surface area contributed by atoms with Crippen LogP contribution < -0.4 is 5.73 Å². The minimum Gasteiger partial charge on any atom is -0.469 e. The molecule has 0 amide bonds. The van der Waals surface area contributed by atoms with Crippen molar-refractivity contribution in [2.75, 3.05) is 7.11 Å². The van der Waals surface area contributed by atoms with E-state index in [2.05, 4.69) is 4.74 Å². The van der Waals surface area contributed by atoms with Gasteiger partial charge in [0.1, 0.15) is 0 Å². The molecular formula is C15H20F3NO2. The first-order valence-corrected chi connectivity index (χ1v) is 6.45. The molecule has 3 nitrogen and oxygen atoms in total. The van der Waals surface area contributed by atoms with Crippen LogP contribution in [0.4, 0.5) is 13.2 Å². The molecule has 0 aromatic heterocycles. The zero-order valence-corrected chi connectivity index (χ0v) is 12.5. The van der Waals surface area contributed by atoms with Crippen LogP contribution in [0, 0.1) is 0 Å². The van der Waals surface area contributed by atoms with E-state index in [1.165, 1.54) is 19.2 Å². The van der Waals surface area contributed by atoms with Crippen molar-refractivity contribution < 1.29 is 22.7 Å². The Bertz CT molecular complexity index is 503. The topological polar surface area (TPSA) is 52.3 Å². The maximum atomic E-state index is 12.6. The van der Waals surface area contributed by atoms with Gasteiger partial charge in [-0.1, -0.05) is 19.1 Å². The first kappa shape index (κ1) is 17.5. The van der Waals surface area contributed by atoms with E-state index in [4.69, 9.17) is 5.73 Å². The highest BCUT2D eigenvalue weighted by Gasteiger charge is 2.42. The minimum atomic E-state index is -4.39. The predicted octanol–water partition coefficient (Wildman–Crippen LogP) is 3.26. The fourth-order valence-electron chi connectivity index (χ4n) is 2.09. The Morgan fingerprint density at radius 1 is 1.10 bits per heavy atom. The minimum absolute atomic E-state index is 0.0155. The van der Waals surface area contributed by atoms with Crippen LogP contribution in [-0.2, 0) is 21.1 Å². The van der Waals surface area contributed by atoms with Crippen LogP contribution in [0.2, 0.25) is 0 Å². The van der Waals surface area contributed by atoms with E-state index in [0.717, 1.165) is 12.1 Å². The fraction of sp³-hybridized carbons (Fsp3) is 0.533. The summed E-state index contributed by atoms with van der Waals surface area (Å²) in [6, 6.07) is 4.72. The lowest BCUT2D eigenvalue weighted by Crippen LogP contribution is -2.53. The molecule has 21 heavy (non-hydrogen) atoms. The first-order valence-electron chi connectivity index (χ1n) is 6.45. The molecule has 0 bridgehead atoms. The van der Waals surface area contributed by atoms with E-state index in [-0.39, 0.29) is 6.42 Å². The molecule has 118 valence electrons. The van der Waals surface area contributed by atoms with Crippen molar-refractivity contribution in [2.24, 2.45) is 5.73 Å². The number of carbonyl (C=O) groups is 1. The molecule has 1 rings (SSSR count). The van der Waals surface area contributed by atoms with Crippen molar-refractivity contribution in [2.45, 2.75) is 44.3 Å². The average Bonchev–Trinajstić information content (AvgIpc) is 2.36. The maximum Gasteiger partial charge on any atom is 0.416 e. The largest absolute Gasteiger partial charge is 0.469 e. The zero-order chi connectivity index (χ0) is 16.5. The number of alkyl halides is 3. The summed E-state index contributed by atoms with van der Waals surface area (Å²) in [5.74, 6) is -0.462. The molecule has 0 radical (unpaired) electrons. The molecule has 0 fully saturated rings. The smallest absolute Gasteiger partial charge is 0.416 e. The molecule has 0 saturated heterocycles. The van der Waals surface area contributed by atoms with Gasteiger partial charge in [0.15, 0.2) is 0 Å². The molecule has 1 atom stereocenters. The number of halogens is 3. The van der Waals surface area contributed by atoms with Crippen molar-refractivity contribution in [3.8, 4) is 0 Å². The third-order valence-electron chi connectivity index (χ3n) is 4.00. The highest BCUT2D eigenvalue weighted by atomic mass is 19.4. The van der Waals surface area contributed by atoms with Gasteiger partial charge in [-0.2, -0.15) is 13.2 Å². The van der Waals surface area contributed by atoms with Gasteiger partial charge in [0.05, 0.1) is 19.1 Å². The van der Waals surface area contributed by atoms with Crippen molar-refractivity contribution >= 4 is 5.97 Å². The molecule has 0 aliphatic heterocycles. The molecule has 0 saturated carbocycles. The van der Waals surface area contributed by atoms with Crippen LogP contribution >= 0.6 is 0 Å². The van der Waals surface area contributed by atoms with E-state index < -0.39 is 28.7 Å². The Hall–Kier alpha value is -1.56. The molecule has 2 N–H and O–H groups in total. The van der Waals surface area contributed by atoms with Crippen LogP contribution in [0.3, 0.4) is 0 Å². The van der Waals surface area contributed by atoms with E-state index >= 15 is 0 Å². The molecule has 6 heteroatoms. The van der Waals surface area contributed by atoms with Gasteiger partial charge in [-0.15, -0.1) is 0 Å². The number of methoxy groups -OCH3 is 1. The highest BCUT2D eigenvalue weighted by molar-refractivity contribution is 5.71. The zero-order valence-electron chi connectivity index (χ0n) is 12.5. The quantitative estimate of drug-likeness (QED) is 0.869. The molecule has 1 aromatic rings. The lowest BCUT2D eigenvalue weighted by molar-refractivity contribution is -0.142. The van der Waals surface area contributed by atoms with Crippen LogP contribution in [0.25, 0.3) is 0 Å². The number of nitrogens with two attached hydrogens (primary N) is 1. The number of ether oxygens (including phenoxy) is 1. The number of esters is 1. The number of hydrogen-bond donors (Lipinski definition) is 1. The van der Waals surface area contributed by atoms with E-state index in [1.807, 2.05) is 0 Å². The number of hydrogen-bond acceptors (Lipinski definition) is 3. The molecular weight excluding hydrogens is 283 g/mol. The Morgan fingerprint density at radius 3 is 1.86 bits per heavy atom. The van der Waals surface area contributed by atoms with Gasteiger partial charge in [-0.05, 0) is 31.5 Å². The second kappa shape index (κ2) is 5.67. The van der Waals surface area contributed by atoms with Crippen molar-refractivity contribution in [3.05, 3.63) is 35.4 Å². The standard InChI is InChI=1S/C15H20F3NO2/c1-13(2,19)14(3,9-12(20)21-4)10-5-7-11(8-6-10)15(16,17)18/h5-8H,9,19H2,1-4H3. The first-order chi connectivity index (χ1) is 9.41.